The molecule has 1 aromatic carbocycles. The number of aliphatic imine (C=N–C) groups is 1. The Morgan fingerprint density at radius 2 is 2.29 bits per heavy atom. The molecule has 28 heavy (non-hydrogen) atoms. The van der Waals surface area contributed by atoms with Gasteiger partial charge in [-0.15, -0.1) is 24.0 Å². The Morgan fingerprint density at radius 3 is 3.00 bits per heavy atom. The van der Waals surface area contributed by atoms with Crippen molar-refractivity contribution in [3.05, 3.63) is 46.5 Å². The number of methoxy groups -OCH3 is 1. The number of benzene rings is 1. The van der Waals surface area contributed by atoms with Gasteiger partial charge in [0, 0.05) is 31.1 Å². The van der Waals surface area contributed by atoms with E-state index in [1.807, 2.05) is 35.9 Å². The lowest BCUT2D eigenvalue weighted by Gasteiger charge is -2.25. The summed E-state index contributed by atoms with van der Waals surface area (Å²) in [6.45, 7) is 6.08. The zero-order chi connectivity index (χ0) is 19.2. The number of aromatic nitrogens is 3. The summed E-state index contributed by atoms with van der Waals surface area (Å²) < 4.78 is 7.61. The number of hydrogen-bond donors (Lipinski definition) is 2. The molecular formula is C19H28ClIN6O. The molecule has 1 aromatic heterocycles. The van der Waals surface area contributed by atoms with Crippen molar-refractivity contribution in [2.24, 2.45) is 4.99 Å². The maximum absolute atomic E-state index is 6.10. The van der Waals surface area contributed by atoms with Crippen molar-refractivity contribution in [2.45, 2.75) is 45.4 Å². The number of hydrogen-bond acceptors (Lipinski definition) is 4. The summed E-state index contributed by atoms with van der Waals surface area (Å²) in [5, 5.41) is 12.0. The average molecular weight is 519 g/mol. The predicted molar refractivity (Wildman–Crippen MR) is 123 cm³/mol. The standard InChI is InChI=1S/C19H27ClN6O.HI/c1-4-21-19(22-11-17(27-3)14-6-5-7-15(20)10-14)24-16-8-9-18-23-13(2)25-26(18)12-16;/h5-7,10,16-17H,4,8-9,11-12H2,1-3H3,(H2,21,22,24);1H. The fourth-order valence-corrected chi connectivity index (χ4v) is 3.46. The Kier molecular flexibility index (Phi) is 8.97. The third-order valence-electron chi connectivity index (χ3n) is 4.57. The fourth-order valence-electron chi connectivity index (χ4n) is 3.26. The Balaban J connectivity index is 0.00000280. The SMILES string of the molecule is CCNC(=NCC(OC)c1cccc(Cl)c1)NC1CCc2nc(C)nn2C1.I. The van der Waals surface area contributed by atoms with Gasteiger partial charge in [0.1, 0.15) is 17.8 Å². The molecule has 7 nitrogen and oxygen atoms in total. The van der Waals surface area contributed by atoms with Gasteiger partial charge in [-0.25, -0.2) is 9.67 Å². The molecule has 2 heterocycles. The Bertz CT molecular complexity index is 796. The van der Waals surface area contributed by atoms with Crippen LogP contribution in [0.3, 0.4) is 0 Å². The molecule has 0 radical (unpaired) electrons. The molecule has 0 bridgehead atoms. The molecule has 3 rings (SSSR count). The minimum absolute atomic E-state index is 0. The van der Waals surface area contributed by atoms with Crippen LogP contribution in [0.25, 0.3) is 0 Å². The molecule has 2 aromatic rings. The smallest absolute Gasteiger partial charge is 0.191 e. The zero-order valence-electron chi connectivity index (χ0n) is 16.5. The molecule has 2 N–H and O–H groups in total. The van der Waals surface area contributed by atoms with Crippen molar-refractivity contribution >= 4 is 41.5 Å². The maximum atomic E-state index is 6.10. The summed E-state index contributed by atoms with van der Waals surface area (Å²) in [7, 11) is 1.69. The van der Waals surface area contributed by atoms with Crippen molar-refractivity contribution < 1.29 is 4.74 Å². The Hall–Kier alpha value is -1.39. The van der Waals surface area contributed by atoms with Gasteiger partial charge >= 0.3 is 0 Å². The minimum atomic E-state index is -0.143. The molecule has 0 aliphatic carbocycles. The van der Waals surface area contributed by atoms with Crippen molar-refractivity contribution in [3.8, 4) is 0 Å². The first kappa shape index (κ1) is 22.9. The summed E-state index contributed by atoms with van der Waals surface area (Å²) in [5.74, 6) is 2.68. The highest BCUT2D eigenvalue weighted by Crippen LogP contribution is 2.20. The van der Waals surface area contributed by atoms with Crippen LogP contribution in [0.4, 0.5) is 0 Å². The number of nitrogens with one attached hydrogen (secondary N) is 2. The lowest BCUT2D eigenvalue weighted by atomic mass is 10.1. The van der Waals surface area contributed by atoms with E-state index >= 15 is 0 Å². The highest BCUT2D eigenvalue weighted by Gasteiger charge is 2.21. The van der Waals surface area contributed by atoms with E-state index in [2.05, 4.69) is 27.6 Å². The first-order valence-corrected chi connectivity index (χ1v) is 9.70. The van der Waals surface area contributed by atoms with Crippen LogP contribution >= 0.6 is 35.6 Å². The van der Waals surface area contributed by atoms with Gasteiger partial charge in [0.25, 0.3) is 0 Å². The Morgan fingerprint density at radius 1 is 1.46 bits per heavy atom. The molecule has 9 heteroatoms. The van der Waals surface area contributed by atoms with Crippen LogP contribution in [0, 0.1) is 6.92 Å². The van der Waals surface area contributed by atoms with Crippen molar-refractivity contribution in [2.75, 3.05) is 20.2 Å². The van der Waals surface area contributed by atoms with E-state index in [-0.39, 0.29) is 36.1 Å². The van der Waals surface area contributed by atoms with E-state index in [9.17, 15) is 0 Å². The second-order valence-corrected chi connectivity index (χ2v) is 7.07. The van der Waals surface area contributed by atoms with E-state index in [1.54, 1.807) is 7.11 Å². The van der Waals surface area contributed by atoms with Gasteiger partial charge in [-0.1, -0.05) is 23.7 Å². The lowest BCUT2D eigenvalue weighted by Crippen LogP contribution is -2.47. The number of guanidine groups is 1. The molecule has 1 aliphatic heterocycles. The van der Waals surface area contributed by atoms with Crippen molar-refractivity contribution in [1.29, 1.82) is 0 Å². The fraction of sp³-hybridized carbons (Fsp3) is 0.526. The number of halogens is 2. The monoisotopic (exact) mass is 518 g/mol. The van der Waals surface area contributed by atoms with Crippen molar-refractivity contribution in [3.63, 3.8) is 0 Å². The van der Waals surface area contributed by atoms with Crippen LogP contribution in [0.5, 0.6) is 0 Å². The van der Waals surface area contributed by atoms with Crippen LogP contribution < -0.4 is 10.6 Å². The molecule has 0 amide bonds. The van der Waals surface area contributed by atoms with Gasteiger partial charge in [0.15, 0.2) is 5.96 Å². The lowest BCUT2D eigenvalue weighted by molar-refractivity contribution is 0.111. The van der Waals surface area contributed by atoms with E-state index < -0.39 is 0 Å². The first-order chi connectivity index (χ1) is 13.1. The number of ether oxygens (including phenoxy) is 1. The highest BCUT2D eigenvalue weighted by molar-refractivity contribution is 14.0. The van der Waals surface area contributed by atoms with E-state index in [0.717, 1.165) is 49.1 Å². The topological polar surface area (TPSA) is 76.4 Å². The molecule has 154 valence electrons. The minimum Gasteiger partial charge on any atom is -0.375 e. The molecule has 0 saturated carbocycles. The van der Waals surface area contributed by atoms with E-state index in [0.29, 0.717) is 11.6 Å². The normalized spacial score (nSPS) is 17.4. The van der Waals surface area contributed by atoms with E-state index in [4.69, 9.17) is 21.3 Å². The van der Waals surface area contributed by atoms with Crippen molar-refractivity contribution in [1.82, 2.24) is 25.4 Å². The number of fused-ring (bicyclic) bond motifs is 1. The number of aryl methyl sites for hydroxylation is 2. The molecule has 2 unspecified atom stereocenters. The zero-order valence-corrected chi connectivity index (χ0v) is 19.6. The maximum Gasteiger partial charge on any atom is 0.191 e. The van der Waals surface area contributed by atoms with Gasteiger partial charge in [-0.3, -0.25) is 4.99 Å². The third kappa shape index (κ3) is 6.05. The van der Waals surface area contributed by atoms with Gasteiger partial charge < -0.3 is 15.4 Å². The van der Waals surface area contributed by atoms with Gasteiger partial charge in [-0.2, -0.15) is 5.10 Å². The van der Waals surface area contributed by atoms with Gasteiger partial charge in [-0.05, 0) is 38.0 Å². The second kappa shape index (κ2) is 11.0. The quantitative estimate of drug-likeness (QED) is 0.349. The predicted octanol–water partition coefficient (Wildman–Crippen LogP) is 3.12. The summed E-state index contributed by atoms with van der Waals surface area (Å²) in [6.07, 6.45) is 1.78. The third-order valence-corrected chi connectivity index (χ3v) is 4.80. The van der Waals surface area contributed by atoms with Crippen LogP contribution in [-0.2, 0) is 17.7 Å². The van der Waals surface area contributed by atoms with Gasteiger partial charge in [0.05, 0.1) is 13.1 Å². The molecule has 1 aliphatic rings. The molecule has 0 saturated heterocycles. The van der Waals surface area contributed by atoms with Crippen LogP contribution in [0.2, 0.25) is 5.02 Å². The molecular weight excluding hydrogens is 491 g/mol. The van der Waals surface area contributed by atoms with Gasteiger partial charge in [0.2, 0.25) is 0 Å². The highest BCUT2D eigenvalue weighted by atomic mass is 127. The molecule has 2 atom stereocenters. The number of rotatable bonds is 6. The molecule has 0 spiro atoms. The second-order valence-electron chi connectivity index (χ2n) is 6.64. The summed E-state index contributed by atoms with van der Waals surface area (Å²) in [5.41, 5.74) is 1.02. The Labute approximate surface area is 188 Å². The van der Waals surface area contributed by atoms with Crippen LogP contribution in [0.1, 0.15) is 36.7 Å². The summed E-state index contributed by atoms with van der Waals surface area (Å²) in [6, 6.07) is 7.97. The van der Waals surface area contributed by atoms with E-state index in [1.165, 1.54) is 0 Å². The number of nitrogens with zero attached hydrogens (tertiary/aromatic N) is 4. The average Bonchev–Trinajstić information content (AvgIpc) is 3.01. The largest absolute Gasteiger partial charge is 0.375 e. The van der Waals surface area contributed by atoms with Crippen LogP contribution in [-0.4, -0.2) is 47.0 Å². The first-order valence-electron chi connectivity index (χ1n) is 9.32. The van der Waals surface area contributed by atoms with Crippen LogP contribution in [0.15, 0.2) is 29.3 Å². The summed E-state index contributed by atoms with van der Waals surface area (Å²) in [4.78, 5) is 9.19. The molecule has 0 fully saturated rings. The summed E-state index contributed by atoms with van der Waals surface area (Å²) >= 11 is 6.10.